The Bertz CT molecular complexity index is 695. The minimum atomic E-state index is -2.86. The highest BCUT2D eigenvalue weighted by atomic mass is 32.2. The molecule has 3 rings (SSSR count). The second kappa shape index (κ2) is 5.99. The van der Waals surface area contributed by atoms with Gasteiger partial charge in [0.2, 0.25) is 0 Å². The van der Waals surface area contributed by atoms with Gasteiger partial charge < -0.3 is 5.32 Å². The Morgan fingerprint density at radius 2 is 2.10 bits per heavy atom. The number of hydrogen-bond acceptors (Lipinski definition) is 4. The van der Waals surface area contributed by atoms with E-state index in [1.807, 2.05) is 47.4 Å². The van der Waals surface area contributed by atoms with Crippen molar-refractivity contribution in [2.24, 2.45) is 0 Å². The predicted molar refractivity (Wildman–Crippen MR) is 82.1 cm³/mol. The summed E-state index contributed by atoms with van der Waals surface area (Å²) in [6, 6.07) is 9.90. The van der Waals surface area contributed by atoms with Crippen LogP contribution in [0.15, 0.2) is 42.7 Å². The van der Waals surface area contributed by atoms with Gasteiger partial charge in [-0.1, -0.05) is 18.2 Å². The zero-order chi connectivity index (χ0) is 14.7. The summed E-state index contributed by atoms with van der Waals surface area (Å²) in [7, 11) is -2.86. The molecule has 5 nitrogen and oxygen atoms in total. The monoisotopic (exact) mass is 305 g/mol. The molecule has 1 aliphatic rings. The van der Waals surface area contributed by atoms with Gasteiger partial charge in [0, 0.05) is 24.8 Å². The Morgan fingerprint density at radius 1 is 1.29 bits per heavy atom. The summed E-state index contributed by atoms with van der Waals surface area (Å²) < 4.78 is 25.3. The van der Waals surface area contributed by atoms with Gasteiger partial charge in [-0.3, -0.25) is 0 Å². The number of nitrogens with one attached hydrogen (secondary N) is 1. The molecule has 0 amide bonds. The van der Waals surface area contributed by atoms with Crippen molar-refractivity contribution in [1.29, 1.82) is 0 Å². The minimum absolute atomic E-state index is 0.221. The molecular weight excluding hydrogens is 286 g/mol. The van der Waals surface area contributed by atoms with Crippen molar-refractivity contribution < 1.29 is 8.42 Å². The Labute approximate surface area is 124 Å². The number of nitrogens with zero attached hydrogens (tertiary/aromatic N) is 2. The standard InChI is InChI=1S/C15H19N3O2S/c19-21(20)8-4-7-15(21)11-16-9-13-10-17-18(12-13)14-5-2-1-3-6-14/h1-3,5-6,10,12,15-16H,4,7-9,11H2. The molecule has 2 heterocycles. The molecule has 1 aliphatic heterocycles. The van der Waals surface area contributed by atoms with Crippen molar-refractivity contribution in [2.75, 3.05) is 12.3 Å². The van der Waals surface area contributed by atoms with Gasteiger partial charge in [-0.25, -0.2) is 13.1 Å². The maximum absolute atomic E-state index is 11.7. The van der Waals surface area contributed by atoms with E-state index >= 15 is 0 Å². The normalized spacial score (nSPS) is 20.7. The topological polar surface area (TPSA) is 64.0 Å². The first-order chi connectivity index (χ1) is 10.1. The molecule has 0 aliphatic carbocycles. The van der Waals surface area contributed by atoms with Crippen LogP contribution in [-0.4, -0.2) is 35.7 Å². The summed E-state index contributed by atoms with van der Waals surface area (Å²) in [6.07, 6.45) is 5.34. The van der Waals surface area contributed by atoms with E-state index in [0.717, 1.165) is 24.1 Å². The van der Waals surface area contributed by atoms with E-state index in [1.54, 1.807) is 0 Å². The third kappa shape index (κ3) is 3.33. The van der Waals surface area contributed by atoms with Gasteiger partial charge in [-0.05, 0) is 25.0 Å². The van der Waals surface area contributed by atoms with Crippen LogP contribution in [0.5, 0.6) is 0 Å². The second-order valence-corrected chi connectivity index (χ2v) is 7.79. The summed E-state index contributed by atoms with van der Waals surface area (Å²) in [6.45, 7) is 1.16. The van der Waals surface area contributed by atoms with Gasteiger partial charge in [0.1, 0.15) is 0 Å². The average Bonchev–Trinajstić information content (AvgIpc) is 3.07. The third-order valence-electron chi connectivity index (χ3n) is 3.82. The Hall–Kier alpha value is -1.66. The molecule has 1 saturated heterocycles. The highest BCUT2D eigenvalue weighted by Gasteiger charge is 2.30. The molecule has 1 aromatic heterocycles. The maximum atomic E-state index is 11.7. The van der Waals surface area contributed by atoms with Crippen molar-refractivity contribution >= 4 is 9.84 Å². The molecule has 21 heavy (non-hydrogen) atoms. The lowest BCUT2D eigenvalue weighted by Gasteiger charge is -2.09. The molecular formula is C15H19N3O2S. The van der Waals surface area contributed by atoms with Crippen LogP contribution in [0.25, 0.3) is 5.69 Å². The van der Waals surface area contributed by atoms with Gasteiger partial charge in [0.25, 0.3) is 0 Å². The first kappa shape index (κ1) is 14.3. The van der Waals surface area contributed by atoms with E-state index in [0.29, 0.717) is 18.8 Å². The molecule has 1 atom stereocenters. The fraction of sp³-hybridized carbons (Fsp3) is 0.400. The zero-order valence-electron chi connectivity index (χ0n) is 11.8. The molecule has 6 heteroatoms. The predicted octanol–water partition coefficient (Wildman–Crippen LogP) is 1.54. The van der Waals surface area contributed by atoms with Crippen LogP contribution in [0.4, 0.5) is 0 Å². The van der Waals surface area contributed by atoms with Crippen LogP contribution < -0.4 is 5.32 Å². The lowest BCUT2D eigenvalue weighted by atomic mass is 10.2. The van der Waals surface area contributed by atoms with Crippen LogP contribution in [0.1, 0.15) is 18.4 Å². The van der Waals surface area contributed by atoms with E-state index in [4.69, 9.17) is 0 Å². The number of sulfone groups is 1. The van der Waals surface area contributed by atoms with Gasteiger partial charge >= 0.3 is 0 Å². The molecule has 1 fully saturated rings. The van der Waals surface area contributed by atoms with Crippen molar-refractivity contribution in [2.45, 2.75) is 24.6 Å². The van der Waals surface area contributed by atoms with Crippen molar-refractivity contribution in [3.63, 3.8) is 0 Å². The second-order valence-electron chi connectivity index (χ2n) is 5.39. The molecule has 112 valence electrons. The molecule has 0 radical (unpaired) electrons. The third-order valence-corrected chi connectivity index (χ3v) is 6.10. The Balaban J connectivity index is 1.56. The van der Waals surface area contributed by atoms with Crippen LogP contribution in [0.2, 0.25) is 0 Å². The molecule has 1 unspecified atom stereocenters. The number of benzene rings is 1. The van der Waals surface area contributed by atoms with E-state index in [1.165, 1.54) is 0 Å². The fourth-order valence-electron chi connectivity index (χ4n) is 2.64. The maximum Gasteiger partial charge on any atom is 0.154 e. The van der Waals surface area contributed by atoms with Gasteiger partial charge in [-0.2, -0.15) is 5.10 Å². The Morgan fingerprint density at radius 3 is 2.81 bits per heavy atom. The van der Waals surface area contributed by atoms with Gasteiger partial charge in [-0.15, -0.1) is 0 Å². The van der Waals surface area contributed by atoms with Crippen LogP contribution in [-0.2, 0) is 16.4 Å². The first-order valence-corrected chi connectivity index (χ1v) is 8.88. The van der Waals surface area contributed by atoms with Crippen molar-refractivity contribution in [1.82, 2.24) is 15.1 Å². The summed E-state index contributed by atoms with van der Waals surface area (Å²) in [5.74, 6) is 0.339. The molecule has 1 aromatic carbocycles. The number of para-hydroxylation sites is 1. The van der Waals surface area contributed by atoms with Gasteiger partial charge in [0.15, 0.2) is 9.84 Å². The lowest BCUT2D eigenvalue weighted by Crippen LogP contribution is -2.30. The largest absolute Gasteiger partial charge is 0.311 e. The van der Waals surface area contributed by atoms with E-state index in [9.17, 15) is 8.42 Å². The van der Waals surface area contributed by atoms with Crippen LogP contribution >= 0.6 is 0 Å². The van der Waals surface area contributed by atoms with E-state index in [2.05, 4.69) is 10.4 Å². The lowest BCUT2D eigenvalue weighted by molar-refractivity contribution is 0.574. The van der Waals surface area contributed by atoms with E-state index < -0.39 is 9.84 Å². The van der Waals surface area contributed by atoms with Crippen LogP contribution in [0, 0.1) is 0 Å². The van der Waals surface area contributed by atoms with E-state index in [-0.39, 0.29) is 5.25 Å². The minimum Gasteiger partial charge on any atom is -0.311 e. The smallest absolute Gasteiger partial charge is 0.154 e. The summed E-state index contributed by atoms with van der Waals surface area (Å²) in [4.78, 5) is 0. The zero-order valence-corrected chi connectivity index (χ0v) is 12.6. The molecule has 0 bridgehead atoms. The average molecular weight is 305 g/mol. The molecule has 2 aromatic rings. The van der Waals surface area contributed by atoms with Gasteiger partial charge in [0.05, 0.1) is 22.9 Å². The molecule has 1 N–H and O–H groups in total. The first-order valence-electron chi connectivity index (χ1n) is 7.16. The summed E-state index contributed by atoms with van der Waals surface area (Å²) in [5, 5.41) is 7.33. The SMILES string of the molecule is O=S1(=O)CCCC1CNCc1cnn(-c2ccccc2)c1. The number of hydrogen-bond donors (Lipinski definition) is 1. The molecule has 0 saturated carbocycles. The highest BCUT2D eigenvalue weighted by molar-refractivity contribution is 7.92. The Kier molecular flexibility index (Phi) is 4.07. The molecule has 0 spiro atoms. The number of aromatic nitrogens is 2. The quantitative estimate of drug-likeness (QED) is 0.910. The summed E-state index contributed by atoms with van der Waals surface area (Å²) in [5.41, 5.74) is 2.07. The highest BCUT2D eigenvalue weighted by Crippen LogP contribution is 2.19. The van der Waals surface area contributed by atoms with Crippen LogP contribution in [0.3, 0.4) is 0 Å². The van der Waals surface area contributed by atoms with Crippen molar-refractivity contribution in [3.05, 3.63) is 48.3 Å². The van der Waals surface area contributed by atoms with Crippen molar-refractivity contribution in [3.8, 4) is 5.69 Å². The summed E-state index contributed by atoms with van der Waals surface area (Å²) >= 11 is 0. The number of rotatable bonds is 5. The fourth-order valence-corrected chi connectivity index (χ4v) is 4.44.